The number of nitrogens with one attached hydrogen (secondary N) is 1. The molecular weight excluding hydrogens is 326 g/mol. The van der Waals surface area contributed by atoms with Crippen molar-refractivity contribution < 1.29 is 17.9 Å². The van der Waals surface area contributed by atoms with Crippen molar-refractivity contribution in [1.29, 1.82) is 0 Å². The van der Waals surface area contributed by atoms with Crippen LogP contribution in [0.1, 0.15) is 18.2 Å². The Hall–Kier alpha value is -1.34. The van der Waals surface area contributed by atoms with Gasteiger partial charge in [0, 0.05) is 18.0 Å². The van der Waals surface area contributed by atoms with Gasteiger partial charge >= 0.3 is 0 Å². The maximum atomic E-state index is 12.1. The Labute approximate surface area is 135 Å². The second kappa shape index (κ2) is 6.83. The lowest BCUT2D eigenvalue weighted by Crippen LogP contribution is -2.42. The van der Waals surface area contributed by atoms with Crippen molar-refractivity contribution >= 4 is 21.6 Å². The van der Waals surface area contributed by atoms with Crippen molar-refractivity contribution in [2.24, 2.45) is 0 Å². The second-order valence-corrected chi connectivity index (χ2v) is 7.64. The molecule has 0 aliphatic heterocycles. The predicted octanol–water partition coefficient (Wildman–Crippen LogP) is 2.35. The molecule has 2 rings (SSSR count). The van der Waals surface area contributed by atoms with Crippen LogP contribution in [0.25, 0.3) is 0 Å². The third kappa shape index (κ3) is 5.14. The van der Waals surface area contributed by atoms with Crippen LogP contribution in [0.15, 0.2) is 47.1 Å². The SMILES string of the molecule is C[C@](O)(CNS(=O)(=O)Cc1ccccc1Cl)Cc1ccco1. The molecule has 0 aliphatic rings. The van der Waals surface area contributed by atoms with Crippen LogP contribution in [0.2, 0.25) is 5.02 Å². The molecule has 5 nitrogen and oxygen atoms in total. The molecule has 1 aromatic carbocycles. The van der Waals surface area contributed by atoms with Gasteiger partial charge < -0.3 is 9.52 Å². The first-order chi connectivity index (χ1) is 10.3. The van der Waals surface area contributed by atoms with E-state index in [-0.39, 0.29) is 18.7 Å². The lowest BCUT2D eigenvalue weighted by molar-refractivity contribution is 0.0603. The Bertz CT molecular complexity index is 711. The second-order valence-electron chi connectivity index (χ2n) is 5.42. The largest absolute Gasteiger partial charge is 0.469 e. The molecule has 1 heterocycles. The van der Waals surface area contributed by atoms with Crippen molar-refractivity contribution in [3.63, 3.8) is 0 Å². The number of benzene rings is 1. The number of sulfonamides is 1. The van der Waals surface area contributed by atoms with Crippen LogP contribution in [0.5, 0.6) is 0 Å². The highest BCUT2D eigenvalue weighted by Crippen LogP contribution is 2.18. The zero-order valence-electron chi connectivity index (χ0n) is 12.1. The Morgan fingerprint density at radius 1 is 1.27 bits per heavy atom. The molecule has 0 spiro atoms. The van der Waals surface area contributed by atoms with Gasteiger partial charge in [0.15, 0.2) is 0 Å². The van der Waals surface area contributed by atoms with E-state index in [1.165, 1.54) is 6.26 Å². The molecule has 0 saturated carbocycles. The van der Waals surface area contributed by atoms with E-state index in [1.807, 2.05) is 0 Å². The van der Waals surface area contributed by atoms with E-state index >= 15 is 0 Å². The van der Waals surface area contributed by atoms with Gasteiger partial charge in [-0.1, -0.05) is 29.8 Å². The first kappa shape index (κ1) is 17.0. The molecule has 0 aliphatic carbocycles. The van der Waals surface area contributed by atoms with Gasteiger partial charge in [0.05, 0.1) is 17.6 Å². The monoisotopic (exact) mass is 343 g/mol. The van der Waals surface area contributed by atoms with E-state index in [9.17, 15) is 13.5 Å². The lowest BCUT2D eigenvalue weighted by atomic mass is 10.0. The molecule has 0 radical (unpaired) electrons. The Morgan fingerprint density at radius 3 is 2.64 bits per heavy atom. The summed E-state index contributed by atoms with van der Waals surface area (Å²) in [5, 5.41) is 10.7. The molecule has 7 heteroatoms. The summed E-state index contributed by atoms with van der Waals surface area (Å²) < 4.78 is 31.8. The van der Waals surface area contributed by atoms with Crippen LogP contribution in [0.4, 0.5) is 0 Å². The average molecular weight is 344 g/mol. The van der Waals surface area contributed by atoms with E-state index in [0.717, 1.165) is 0 Å². The normalized spacial score (nSPS) is 14.7. The molecule has 1 atom stereocenters. The topological polar surface area (TPSA) is 79.5 Å². The predicted molar refractivity (Wildman–Crippen MR) is 85.1 cm³/mol. The van der Waals surface area contributed by atoms with Crippen LogP contribution < -0.4 is 4.72 Å². The van der Waals surface area contributed by atoms with Crippen LogP contribution in [0.3, 0.4) is 0 Å². The third-order valence-corrected chi connectivity index (χ3v) is 4.76. The van der Waals surface area contributed by atoms with Crippen molar-refractivity contribution in [3.05, 3.63) is 59.0 Å². The van der Waals surface area contributed by atoms with E-state index in [4.69, 9.17) is 16.0 Å². The Kier molecular flexibility index (Phi) is 5.28. The average Bonchev–Trinajstić information content (AvgIpc) is 2.92. The molecule has 2 aromatic rings. The summed E-state index contributed by atoms with van der Waals surface area (Å²) in [5.74, 6) is 0.360. The zero-order valence-corrected chi connectivity index (χ0v) is 13.7. The van der Waals surface area contributed by atoms with Gasteiger partial charge in [0.2, 0.25) is 10.0 Å². The molecule has 2 N–H and O–H groups in total. The number of furan rings is 1. The number of hydrogen-bond acceptors (Lipinski definition) is 4. The van der Waals surface area contributed by atoms with Crippen molar-refractivity contribution in [2.45, 2.75) is 24.7 Å². The first-order valence-electron chi connectivity index (χ1n) is 6.73. The Balaban J connectivity index is 1.96. The molecule has 0 bridgehead atoms. The minimum absolute atomic E-state index is 0.111. The fourth-order valence-electron chi connectivity index (χ4n) is 1.99. The van der Waals surface area contributed by atoms with Gasteiger partial charge in [-0.25, -0.2) is 13.1 Å². The standard InChI is InChI=1S/C15H18ClNO4S/c1-15(18,9-13-6-4-8-21-13)11-17-22(19,20)10-12-5-2-3-7-14(12)16/h2-8,17-18H,9-11H2,1H3/t15-/m1/s1. The van der Waals surface area contributed by atoms with E-state index < -0.39 is 15.6 Å². The van der Waals surface area contributed by atoms with Gasteiger partial charge in [-0.15, -0.1) is 0 Å². The van der Waals surface area contributed by atoms with Crippen molar-refractivity contribution in [1.82, 2.24) is 4.72 Å². The van der Waals surface area contributed by atoms with Gasteiger partial charge in [-0.05, 0) is 30.7 Å². The van der Waals surface area contributed by atoms with Crippen LogP contribution >= 0.6 is 11.6 Å². The molecular formula is C15H18ClNO4S. The molecule has 0 amide bonds. The molecule has 0 fully saturated rings. The molecule has 120 valence electrons. The molecule has 0 saturated heterocycles. The molecule has 1 aromatic heterocycles. The summed E-state index contributed by atoms with van der Waals surface area (Å²) in [7, 11) is -3.59. The Morgan fingerprint density at radius 2 is 2.00 bits per heavy atom. The van der Waals surface area contributed by atoms with Gasteiger partial charge in [0.1, 0.15) is 5.76 Å². The van der Waals surface area contributed by atoms with E-state index in [1.54, 1.807) is 43.3 Å². The maximum absolute atomic E-state index is 12.1. The van der Waals surface area contributed by atoms with Crippen molar-refractivity contribution in [3.8, 4) is 0 Å². The summed E-state index contributed by atoms with van der Waals surface area (Å²) in [6.07, 6.45) is 1.72. The summed E-state index contributed by atoms with van der Waals surface area (Å²) >= 11 is 5.96. The summed E-state index contributed by atoms with van der Waals surface area (Å²) in [4.78, 5) is 0. The number of halogens is 1. The fraction of sp³-hybridized carbons (Fsp3) is 0.333. The van der Waals surface area contributed by atoms with Crippen LogP contribution in [0, 0.1) is 0 Å². The fourth-order valence-corrected chi connectivity index (χ4v) is 3.56. The number of rotatable bonds is 7. The molecule has 0 unspecified atom stereocenters. The minimum Gasteiger partial charge on any atom is -0.469 e. The van der Waals surface area contributed by atoms with Gasteiger partial charge in [-0.3, -0.25) is 0 Å². The smallest absolute Gasteiger partial charge is 0.215 e. The number of hydrogen-bond donors (Lipinski definition) is 2. The highest BCUT2D eigenvalue weighted by molar-refractivity contribution is 7.88. The first-order valence-corrected chi connectivity index (χ1v) is 8.76. The van der Waals surface area contributed by atoms with E-state index in [2.05, 4.69) is 4.72 Å². The van der Waals surface area contributed by atoms with Crippen LogP contribution in [-0.2, 0) is 22.2 Å². The van der Waals surface area contributed by atoms with Gasteiger partial charge in [0.25, 0.3) is 0 Å². The quantitative estimate of drug-likeness (QED) is 0.808. The minimum atomic E-state index is -3.59. The summed E-state index contributed by atoms with van der Waals surface area (Å²) in [5.41, 5.74) is -0.729. The van der Waals surface area contributed by atoms with E-state index in [0.29, 0.717) is 16.3 Å². The highest BCUT2D eigenvalue weighted by atomic mass is 35.5. The third-order valence-electron chi connectivity index (χ3n) is 3.11. The summed E-state index contributed by atoms with van der Waals surface area (Å²) in [6.45, 7) is 1.44. The zero-order chi connectivity index (χ0) is 16.2. The summed E-state index contributed by atoms with van der Waals surface area (Å²) in [6, 6.07) is 10.2. The number of aliphatic hydroxyl groups is 1. The highest BCUT2D eigenvalue weighted by Gasteiger charge is 2.25. The van der Waals surface area contributed by atoms with Crippen molar-refractivity contribution in [2.75, 3.05) is 6.54 Å². The van der Waals surface area contributed by atoms with Gasteiger partial charge in [-0.2, -0.15) is 0 Å². The maximum Gasteiger partial charge on any atom is 0.215 e. The lowest BCUT2D eigenvalue weighted by Gasteiger charge is -2.22. The van der Waals surface area contributed by atoms with Crippen LogP contribution in [-0.4, -0.2) is 25.7 Å². The molecule has 22 heavy (non-hydrogen) atoms.